The van der Waals surface area contributed by atoms with Crippen molar-refractivity contribution in [3.8, 4) is 0 Å². The molecule has 124 valence electrons. The number of esters is 1. The molecule has 7 heteroatoms. The molecule has 0 fully saturated rings. The summed E-state index contributed by atoms with van der Waals surface area (Å²) in [6.07, 6.45) is -8.92. The van der Waals surface area contributed by atoms with Gasteiger partial charge in [-0.15, -0.1) is 0 Å². The Morgan fingerprint density at radius 1 is 1.19 bits per heavy atom. The van der Waals surface area contributed by atoms with Gasteiger partial charge in [0.25, 0.3) is 5.92 Å². The van der Waals surface area contributed by atoms with Gasteiger partial charge in [0.15, 0.2) is 0 Å². The van der Waals surface area contributed by atoms with Crippen LogP contribution < -0.4 is 0 Å². The number of carbonyl (C=O) groups excluding carboxylic acids is 1. The topological polar surface area (TPSA) is 26.3 Å². The Bertz CT molecular complexity index is 361. The third-order valence-electron chi connectivity index (χ3n) is 2.65. The van der Waals surface area contributed by atoms with E-state index in [0.717, 1.165) is 0 Å². The van der Waals surface area contributed by atoms with Crippen molar-refractivity contribution in [1.82, 2.24) is 0 Å². The van der Waals surface area contributed by atoms with E-state index in [2.05, 4.69) is 6.58 Å². The van der Waals surface area contributed by atoms with Crippen LogP contribution in [-0.4, -0.2) is 24.2 Å². The van der Waals surface area contributed by atoms with Crippen molar-refractivity contribution in [1.29, 1.82) is 0 Å². The van der Waals surface area contributed by atoms with E-state index in [4.69, 9.17) is 4.74 Å². The maximum atomic E-state index is 13.2. The number of hydrogen-bond donors (Lipinski definition) is 0. The van der Waals surface area contributed by atoms with E-state index in [1.165, 1.54) is 6.92 Å². The van der Waals surface area contributed by atoms with Gasteiger partial charge in [0.05, 0.1) is 0 Å². The highest BCUT2D eigenvalue weighted by atomic mass is 19.4. The molecule has 0 amide bonds. The second-order valence-electron chi connectivity index (χ2n) is 5.62. The lowest BCUT2D eigenvalue weighted by molar-refractivity contribution is -0.191. The van der Waals surface area contributed by atoms with E-state index in [9.17, 15) is 26.7 Å². The highest BCUT2D eigenvalue weighted by Gasteiger charge is 2.43. The van der Waals surface area contributed by atoms with E-state index >= 15 is 0 Å². The van der Waals surface area contributed by atoms with Gasteiger partial charge >= 0.3 is 12.1 Å². The van der Waals surface area contributed by atoms with Crippen molar-refractivity contribution >= 4 is 5.97 Å². The summed E-state index contributed by atoms with van der Waals surface area (Å²) < 4.78 is 67.5. The summed E-state index contributed by atoms with van der Waals surface area (Å²) in [5.74, 6) is -4.52. The molecule has 1 unspecified atom stereocenters. The van der Waals surface area contributed by atoms with Gasteiger partial charge in [-0.1, -0.05) is 20.4 Å². The molecule has 1 atom stereocenters. The van der Waals surface area contributed by atoms with Crippen molar-refractivity contribution in [2.45, 2.75) is 64.7 Å². The van der Waals surface area contributed by atoms with Crippen molar-refractivity contribution in [3.05, 3.63) is 12.2 Å². The quantitative estimate of drug-likeness (QED) is 0.362. The molecule has 0 aliphatic heterocycles. The van der Waals surface area contributed by atoms with E-state index < -0.39 is 37.0 Å². The van der Waals surface area contributed by atoms with Gasteiger partial charge < -0.3 is 4.74 Å². The van der Waals surface area contributed by atoms with E-state index in [1.807, 2.05) is 0 Å². The van der Waals surface area contributed by atoms with Crippen molar-refractivity contribution in [2.24, 2.45) is 5.92 Å². The van der Waals surface area contributed by atoms with E-state index in [1.54, 1.807) is 13.8 Å². The lowest BCUT2D eigenvalue weighted by Gasteiger charge is -2.23. The molecule has 0 aliphatic rings. The number of carbonyl (C=O) groups is 1. The highest BCUT2D eigenvalue weighted by molar-refractivity contribution is 5.87. The molecule has 21 heavy (non-hydrogen) atoms. The third-order valence-corrected chi connectivity index (χ3v) is 2.65. The molecule has 0 heterocycles. The van der Waals surface area contributed by atoms with Gasteiger partial charge in [-0.2, -0.15) is 13.2 Å². The van der Waals surface area contributed by atoms with Crippen molar-refractivity contribution in [2.75, 3.05) is 0 Å². The molecule has 0 saturated carbocycles. The van der Waals surface area contributed by atoms with Crippen LogP contribution in [0.5, 0.6) is 0 Å². The van der Waals surface area contributed by atoms with Crippen molar-refractivity contribution in [3.63, 3.8) is 0 Å². The fraction of sp³-hybridized carbons (Fsp3) is 0.786. The number of rotatable bonds is 8. The van der Waals surface area contributed by atoms with Crippen LogP contribution in [0.2, 0.25) is 0 Å². The van der Waals surface area contributed by atoms with Crippen LogP contribution in [0.15, 0.2) is 12.2 Å². The predicted molar refractivity (Wildman–Crippen MR) is 69.0 cm³/mol. The molecule has 0 spiro atoms. The third kappa shape index (κ3) is 10.3. The molecule has 0 bridgehead atoms. The first kappa shape index (κ1) is 19.9. The molecule has 0 N–H and O–H groups in total. The summed E-state index contributed by atoms with van der Waals surface area (Å²) >= 11 is 0. The predicted octanol–water partition coefficient (Wildman–Crippen LogP) is 4.89. The Hall–Kier alpha value is -1.14. The molecule has 0 aromatic rings. The van der Waals surface area contributed by atoms with Crippen LogP contribution in [0.3, 0.4) is 0 Å². The van der Waals surface area contributed by atoms with Gasteiger partial charge in [0, 0.05) is 12.0 Å². The van der Waals surface area contributed by atoms with Gasteiger partial charge in [0.2, 0.25) is 0 Å². The number of halogens is 5. The normalized spacial score (nSPS) is 14.1. The van der Waals surface area contributed by atoms with Crippen LogP contribution >= 0.6 is 0 Å². The average Bonchev–Trinajstić information content (AvgIpc) is 2.21. The first-order valence-electron chi connectivity index (χ1n) is 6.63. The van der Waals surface area contributed by atoms with Gasteiger partial charge in [-0.3, -0.25) is 0 Å². The molecular weight excluding hydrogens is 295 g/mol. The summed E-state index contributed by atoms with van der Waals surface area (Å²) in [4.78, 5) is 11.4. The zero-order valence-corrected chi connectivity index (χ0v) is 12.4. The lowest BCUT2D eigenvalue weighted by Crippen LogP contribution is -2.29. The molecule has 0 saturated heterocycles. The largest absolute Gasteiger partial charge is 0.459 e. The van der Waals surface area contributed by atoms with Crippen molar-refractivity contribution < 1.29 is 31.5 Å². The number of hydrogen-bond acceptors (Lipinski definition) is 2. The summed E-state index contributed by atoms with van der Waals surface area (Å²) in [6, 6.07) is 0. The summed E-state index contributed by atoms with van der Waals surface area (Å²) in [5.41, 5.74) is 0.116. The van der Waals surface area contributed by atoms with Crippen LogP contribution in [0.25, 0.3) is 0 Å². The maximum absolute atomic E-state index is 13.2. The maximum Gasteiger partial charge on any atom is 0.394 e. The highest BCUT2D eigenvalue weighted by Crippen LogP contribution is 2.35. The molecular formula is C14H21F5O2. The second kappa shape index (κ2) is 7.75. The van der Waals surface area contributed by atoms with E-state index in [-0.39, 0.29) is 17.9 Å². The SMILES string of the molecule is C=C(C)C(=O)OC(CCC(F)(F)CC(F)(F)F)CC(C)C. The van der Waals surface area contributed by atoms with Gasteiger partial charge in [-0.05, 0) is 25.7 Å². The average molecular weight is 316 g/mol. The van der Waals surface area contributed by atoms with Crippen LogP contribution in [-0.2, 0) is 9.53 Å². The summed E-state index contributed by atoms with van der Waals surface area (Å²) in [5, 5.41) is 0. The first-order valence-corrected chi connectivity index (χ1v) is 6.63. The Kier molecular flexibility index (Phi) is 7.33. The molecule has 2 nitrogen and oxygen atoms in total. The van der Waals surface area contributed by atoms with Crippen LogP contribution in [0.1, 0.15) is 46.5 Å². The standard InChI is InChI=1S/C14H21F5O2/c1-9(2)7-11(21-12(20)10(3)4)5-6-13(15,16)8-14(17,18)19/h9,11H,3,5-8H2,1-2,4H3. The van der Waals surface area contributed by atoms with Gasteiger partial charge in [0.1, 0.15) is 12.5 Å². The Morgan fingerprint density at radius 2 is 1.71 bits per heavy atom. The van der Waals surface area contributed by atoms with E-state index in [0.29, 0.717) is 6.42 Å². The fourth-order valence-corrected chi connectivity index (χ4v) is 1.76. The minimum absolute atomic E-state index is 0.0594. The number of alkyl halides is 5. The molecule has 0 rings (SSSR count). The van der Waals surface area contributed by atoms with Crippen LogP contribution in [0, 0.1) is 5.92 Å². The molecule has 0 radical (unpaired) electrons. The smallest absolute Gasteiger partial charge is 0.394 e. The number of ether oxygens (including phenoxy) is 1. The van der Waals surface area contributed by atoms with Gasteiger partial charge in [-0.25, -0.2) is 13.6 Å². The summed E-state index contributed by atoms with van der Waals surface area (Å²) in [7, 11) is 0. The fourth-order valence-electron chi connectivity index (χ4n) is 1.76. The zero-order chi connectivity index (χ0) is 16.8. The second-order valence-corrected chi connectivity index (χ2v) is 5.62. The minimum Gasteiger partial charge on any atom is -0.459 e. The van der Waals surface area contributed by atoms with Crippen LogP contribution in [0.4, 0.5) is 22.0 Å². The monoisotopic (exact) mass is 316 g/mol. The lowest BCUT2D eigenvalue weighted by atomic mass is 9.99. The zero-order valence-electron chi connectivity index (χ0n) is 12.4. The molecule has 0 aromatic carbocycles. The first-order chi connectivity index (χ1) is 9.32. The molecule has 0 aromatic heterocycles. The Balaban J connectivity index is 4.60. The minimum atomic E-state index is -4.93. The molecule has 0 aliphatic carbocycles. The Morgan fingerprint density at radius 3 is 2.10 bits per heavy atom. The summed E-state index contributed by atoms with van der Waals surface area (Å²) in [6.45, 7) is 8.39. The Labute approximate surface area is 121 Å².